The first-order chi connectivity index (χ1) is 8.59. The number of nitrogens with two attached hydrogens (primary N) is 1. The van der Waals surface area contributed by atoms with Gasteiger partial charge in [0.05, 0.1) is 6.61 Å². The zero-order chi connectivity index (χ0) is 13.4. The Morgan fingerprint density at radius 1 is 1.28 bits per heavy atom. The van der Waals surface area contributed by atoms with Crippen LogP contribution in [0, 0.1) is 5.92 Å². The van der Waals surface area contributed by atoms with E-state index in [2.05, 4.69) is 12.1 Å². The Labute approximate surface area is 109 Å². The van der Waals surface area contributed by atoms with E-state index in [0.29, 0.717) is 18.9 Å². The molecule has 0 aliphatic rings. The Kier molecular flexibility index (Phi) is 6.44. The fourth-order valence-corrected chi connectivity index (χ4v) is 1.80. The molecule has 0 heterocycles. The Hall–Kier alpha value is -1.35. The summed E-state index contributed by atoms with van der Waals surface area (Å²) in [5.41, 5.74) is 7.00. The minimum atomic E-state index is -0.485. The molecule has 2 N–H and O–H groups in total. The normalized spacial score (nSPS) is 12.4. The number of carbonyl (C=O) groups excluding carboxylic acids is 1. The summed E-state index contributed by atoms with van der Waals surface area (Å²) in [6, 6.07) is 9.69. The molecule has 0 saturated heterocycles. The molecule has 0 amide bonds. The van der Waals surface area contributed by atoms with Crippen LogP contribution in [0.25, 0.3) is 0 Å². The predicted octanol–water partition coefficient (Wildman–Crippen LogP) is 2.54. The van der Waals surface area contributed by atoms with Gasteiger partial charge >= 0.3 is 5.97 Å². The van der Waals surface area contributed by atoms with E-state index in [1.807, 2.05) is 32.0 Å². The monoisotopic (exact) mass is 249 g/mol. The van der Waals surface area contributed by atoms with Crippen molar-refractivity contribution in [1.29, 1.82) is 0 Å². The van der Waals surface area contributed by atoms with Gasteiger partial charge in [-0.05, 0) is 30.7 Å². The smallest absolute Gasteiger partial charge is 0.322 e. The third-order valence-electron chi connectivity index (χ3n) is 2.73. The largest absolute Gasteiger partial charge is 0.465 e. The van der Waals surface area contributed by atoms with E-state index in [9.17, 15) is 4.79 Å². The Morgan fingerprint density at radius 2 is 1.94 bits per heavy atom. The topological polar surface area (TPSA) is 52.3 Å². The van der Waals surface area contributed by atoms with Crippen LogP contribution in [-0.2, 0) is 16.0 Å². The summed E-state index contributed by atoms with van der Waals surface area (Å²) in [6.45, 7) is 4.53. The lowest BCUT2D eigenvalue weighted by molar-refractivity contribution is -0.145. The maximum atomic E-state index is 11.5. The molecule has 0 aromatic heterocycles. The summed E-state index contributed by atoms with van der Waals surface area (Å²) in [6.07, 6.45) is 2.44. The van der Waals surface area contributed by atoms with Gasteiger partial charge in [0.25, 0.3) is 0 Å². The van der Waals surface area contributed by atoms with Crippen molar-refractivity contribution in [2.45, 2.75) is 39.2 Å². The molecule has 1 unspecified atom stereocenters. The van der Waals surface area contributed by atoms with E-state index in [4.69, 9.17) is 10.5 Å². The van der Waals surface area contributed by atoms with E-state index >= 15 is 0 Å². The van der Waals surface area contributed by atoms with Gasteiger partial charge in [-0.3, -0.25) is 4.79 Å². The lowest BCUT2D eigenvalue weighted by atomic mass is 10.1. The van der Waals surface area contributed by atoms with Gasteiger partial charge in [0, 0.05) is 0 Å². The van der Waals surface area contributed by atoms with Crippen molar-refractivity contribution in [2.75, 3.05) is 6.61 Å². The van der Waals surface area contributed by atoms with Crippen LogP contribution in [-0.4, -0.2) is 18.6 Å². The molecule has 18 heavy (non-hydrogen) atoms. The van der Waals surface area contributed by atoms with Crippen molar-refractivity contribution in [3.05, 3.63) is 35.9 Å². The Morgan fingerprint density at radius 3 is 2.56 bits per heavy atom. The van der Waals surface area contributed by atoms with Crippen molar-refractivity contribution >= 4 is 5.97 Å². The number of benzene rings is 1. The van der Waals surface area contributed by atoms with Crippen LogP contribution < -0.4 is 5.73 Å². The zero-order valence-electron chi connectivity index (χ0n) is 11.3. The van der Waals surface area contributed by atoms with Crippen LogP contribution >= 0.6 is 0 Å². The SMILES string of the molecule is CC(C)CC(N)C(=O)OCCCc1ccccc1. The molecule has 0 aliphatic heterocycles. The Balaban J connectivity index is 2.16. The van der Waals surface area contributed by atoms with Crippen molar-refractivity contribution in [2.24, 2.45) is 11.7 Å². The van der Waals surface area contributed by atoms with Gasteiger partial charge in [-0.1, -0.05) is 44.2 Å². The first kappa shape index (κ1) is 14.7. The predicted molar refractivity (Wildman–Crippen MR) is 73.2 cm³/mol. The highest BCUT2D eigenvalue weighted by molar-refractivity contribution is 5.75. The molecule has 1 aromatic carbocycles. The zero-order valence-corrected chi connectivity index (χ0v) is 11.3. The average molecular weight is 249 g/mol. The summed E-state index contributed by atoms with van der Waals surface area (Å²) < 4.78 is 5.16. The number of carbonyl (C=O) groups is 1. The third-order valence-corrected chi connectivity index (χ3v) is 2.73. The van der Waals surface area contributed by atoms with Gasteiger partial charge in [0.2, 0.25) is 0 Å². The molecule has 0 saturated carbocycles. The second-order valence-corrected chi connectivity index (χ2v) is 4.99. The van der Waals surface area contributed by atoms with E-state index in [0.717, 1.165) is 12.8 Å². The molecule has 1 aromatic rings. The number of esters is 1. The molecule has 1 atom stereocenters. The second-order valence-electron chi connectivity index (χ2n) is 4.99. The summed E-state index contributed by atoms with van der Waals surface area (Å²) >= 11 is 0. The van der Waals surface area contributed by atoms with Crippen LogP contribution in [0.4, 0.5) is 0 Å². The van der Waals surface area contributed by atoms with Crippen molar-refractivity contribution in [3.63, 3.8) is 0 Å². The molecular weight excluding hydrogens is 226 g/mol. The summed E-state index contributed by atoms with van der Waals surface area (Å²) in [5.74, 6) is 0.133. The lowest BCUT2D eigenvalue weighted by Crippen LogP contribution is -2.33. The molecular formula is C15H23NO2. The minimum Gasteiger partial charge on any atom is -0.465 e. The second kappa shape index (κ2) is 7.88. The first-order valence-electron chi connectivity index (χ1n) is 6.55. The molecule has 0 aliphatic carbocycles. The van der Waals surface area contributed by atoms with Crippen LogP contribution in [0.15, 0.2) is 30.3 Å². The molecule has 1 rings (SSSR count). The first-order valence-corrected chi connectivity index (χ1v) is 6.55. The van der Waals surface area contributed by atoms with Gasteiger partial charge in [-0.15, -0.1) is 0 Å². The Bertz CT molecular complexity index is 349. The number of hydrogen-bond donors (Lipinski definition) is 1. The number of aryl methyl sites for hydroxylation is 1. The minimum absolute atomic E-state index is 0.281. The van der Waals surface area contributed by atoms with E-state index in [1.165, 1.54) is 5.56 Å². The van der Waals surface area contributed by atoms with Crippen LogP contribution in [0.5, 0.6) is 0 Å². The van der Waals surface area contributed by atoms with Crippen LogP contribution in [0.3, 0.4) is 0 Å². The highest BCUT2D eigenvalue weighted by Gasteiger charge is 2.15. The van der Waals surface area contributed by atoms with Gasteiger partial charge < -0.3 is 10.5 Å². The summed E-state index contributed by atoms with van der Waals surface area (Å²) in [5, 5.41) is 0. The van der Waals surface area contributed by atoms with E-state index in [-0.39, 0.29) is 5.97 Å². The van der Waals surface area contributed by atoms with E-state index in [1.54, 1.807) is 0 Å². The number of rotatable bonds is 7. The van der Waals surface area contributed by atoms with Crippen molar-refractivity contribution in [3.8, 4) is 0 Å². The number of hydrogen-bond acceptors (Lipinski definition) is 3. The quantitative estimate of drug-likeness (QED) is 0.597. The highest BCUT2D eigenvalue weighted by atomic mass is 16.5. The van der Waals surface area contributed by atoms with Crippen LogP contribution in [0.2, 0.25) is 0 Å². The molecule has 3 heteroatoms. The van der Waals surface area contributed by atoms with Gasteiger partial charge in [-0.2, -0.15) is 0 Å². The molecule has 3 nitrogen and oxygen atoms in total. The van der Waals surface area contributed by atoms with Gasteiger partial charge in [0.15, 0.2) is 0 Å². The molecule has 0 radical (unpaired) electrons. The van der Waals surface area contributed by atoms with Crippen molar-refractivity contribution < 1.29 is 9.53 Å². The van der Waals surface area contributed by atoms with Crippen molar-refractivity contribution in [1.82, 2.24) is 0 Å². The molecule has 0 fully saturated rings. The lowest BCUT2D eigenvalue weighted by Gasteiger charge is -2.13. The average Bonchev–Trinajstić information content (AvgIpc) is 2.34. The fraction of sp³-hybridized carbons (Fsp3) is 0.533. The maximum absolute atomic E-state index is 11.5. The molecule has 100 valence electrons. The van der Waals surface area contributed by atoms with Gasteiger partial charge in [0.1, 0.15) is 6.04 Å². The van der Waals surface area contributed by atoms with Crippen LogP contribution in [0.1, 0.15) is 32.3 Å². The molecule has 0 spiro atoms. The standard InChI is InChI=1S/C15H23NO2/c1-12(2)11-14(16)15(17)18-10-6-9-13-7-4-3-5-8-13/h3-5,7-8,12,14H,6,9-11,16H2,1-2H3. The third kappa shape index (κ3) is 5.82. The van der Waals surface area contributed by atoms with Gasteiger partial charge in [-0.25, -0.2) is 0 Å². The highest BCUT2D eigenvalue weighted by Crippen LogP contribution is 2.05. The summed E-state index contributed by atoms with van der Waals surface area (Å²) in [7, 11) is 0. The number of ether oxygens (including phenoxy) is 1. The fourth-order valence-electron chi connectivity index (χ4n) is 1.80. The molecule has 0 bridgehead atoms. The maximum Gasteiger partial charge on any atom is 0.322 e. The van der Waals surface area contributed by atoms with E-state index < -0.39 is 6.04 Å². The summed E-state index contributed by atoms with van der Waals surface area (Å²) in [4.78, 5) is 11.5.